The minimum absolute atomic E-state index is 0.0157. The lowest BCUT2D eigenvalue weighted by Crippen LogP contribution is -2.35. The second-order valence-corrected chi connectivity index (χ2v) is 10.3. The van der Waals surface area contributed by atoms with Crippen LogP contribution in [0.3, 0.4) is 0 Å². The highest BCUT2D eigenvalue weighted by atomic mass is 32.2. The van der Waals surface area contributed by atoms with E-state index in [0.29, 0.717) is 12.5 Å². The molecule has 1 aromatic rings. The molecular formula is C17H24N4O2S. The number of anilines is 1. The molecule has 1 N–H and O–H groups in total. The molecule has 5 rings (SSSR count). The van der Waals surface area contributed by atoms with E-state index < -0.39 is 9.84 Å². The van der Waals surface area contributed by atoms with Gasteiger partial charge in [0, 0.05) is 43.9 Å². The first-order valence-electron chi connectivity index (χ1n) is 9.12. The van der Waals surface area contributed by atoms with E-state index in [-0.39, 0.29) is 16.9 Å². The van der Waals surface area contributed by atoms with Crippen LogP contribution in [0.15, 0.2) is 6.20 Å². The van der Waals surface area contributed by atoms with Crippen molar-refractivity contribution in [3.05, 3.63) is 17.5 Å². The fourth-order valence-corrected chi connectivity index (χ4v) is 6.14. The Labute approximate surface area is 143 Å². The van der Waals surface area contributed by atoms with E-state index >= 15 is 0 Å². The average molecular weight is 348 g/mol. The predicted octanol–water partition coefficient (Wildman–Crippen LogP) is 1.40. The first-order chi connectivity index (χ1) is 11.6. The summed E-state index contributed by atoms with van der Waals surface area (Å²) in [6.07, 6.45) is 6.90. The highest BCUT2D eigenvalue weighted by Crippen LogP contribution is 2.41. The van der Waals surface area contributed by atoms with E-state index in [1.165, 1.54) is 25.7 Å². The van der Waals surface area contributed by atoms with E-state index in [4.69, 9.17) is 4.98 Å². The van der Waals surface area contributed by atoms with Gasteiger partial charge in [0.2, 0.25) is 5.95 Å². The molecule has 7 heteroatoms. The van der Waals surface area contributed by atoms with Crippen LogP contribution >= 0.6 is 0 Å². The van der Waals surface area contributed by atoms with Gasteiger partial charge in [-0.15, -0.1) is 0 Å². The maximum atomic E-state index is 12.7. The van der Waals surface area contributed by atoms with Crippen LogP contribution < -0.4 is 5.32 Å². The van der Waals surface area contributed by atoms with E-state index in [1.54, 1.807) is 6.20 Å². The number of nitrogens with zero attached hydrogens (tertiary/aromatic N) is 3. The van der Waals surface area contributed by atoms with Crippen molar-refractivity contribution in [2.45, 2.75) is 42.6 Å². The summed E-state index contributed by atoms with van der Waals surface area (Å²) in [6, 6.07) is 0. The van der Waals surface area contributed by atoms with Crippen LogP contribution in [0.25, 0.3) is 0 Å². The molecule has 0 aromatic carbocycles. The number of sulfone groups is 1. The van der Waals surface area contributed by atoms with Crippen LogP contribution in [0.5, 0.6) is 0 Å². The van der Waals surface area contributed by atoms with Crippen LogP contribution in [-0.2, 0) is 15.6 Å². The fraction of sp³-hybridized carbons (Fsp3) is 0.765. The first-order valence-corrected chi connectivity index (χ1v) is 10.8. The normalized spacial score (nSPS) is 31.5. The van der Waals surface area contributed by atoms with Gasteiger partial charge in [-0.2, -0.15) is 0 Å². The summed E-state index contributed by atoms with van der Waals surface area (Å²) >= 11 is 0. The Morgan fingerprint density at radius 1 is 1.17 bits per heavy atom. The molecule has 0 amide bonds. The lowest BCUT2D eigenvalue weighted by atomic mass is 10.00. The summed E-state index contributed by atoms with van der Waals surface area (Å²) in [5, 5.41) is 3.04. The Bertz CT molecular complexity index is 758. The van der Waals surface area contributed by atoms with Gasteiger partial charge in [-0.05, 0) is 37.5 Å². The molecule has 130 valence electrons. The molecule has 1 saturated heterocycles. The van der Waals surface area contributed by atoms with Crippen molar-refractivity contribution >= 4 is 15.8 Å². The summed E-state index contributed by atoms with van der Waals surface area (Å²) in [5.41, 5.74) is 1.78. The smallest absolute Gasteiger partial charge is 0.222 e. The van der Waals surface area contributed by atoms with Crippen LogP contribution in [0.4, 0.5) is 5.95 Å². The summed E-state index contributed by atoms with van der Waals surface area (Å²) in [7, 11) is -3.09. The standard InChI is InChI=1S/C17H24N4O2S/c22-24(23)10-13-6-19-17(18-5-11-1-2-11)20-16(13)14-8-21(9-15(14)24)7-12-3-4-12/h6,11-12,14-15H,1-5,7-10H2,(H,18,19,20)/t14-,15+/m1/s1. The Morgan fingerprint density at radius 2 is 1.96 bits per heavy atom. The summed E-state index contributed by atoms with van der Waals surface area (Å²) in [5.74, 6) is 2.33. The Balaban J connectivity index is 1.42. The van der Waals surface area contributed by atoms with Gasteiger partial charge in [0.1, 0.15) is 0 Å². The highest BCUT2D eigenvalue weighted by Gasteiger charge is 2.48. The molecule has 0 bridgehead atoms. The van der Waals surface area contributed by atoms with Crippen LogP contribution in [0, 0.1) is 11.8 Å². The van der Waals surface area contributed by atoms with Crippen LogP contribution in [0.1, 0.15) is 42.9 Å². The predicted molar refractivity (Wildman–Crippen MR) is 91.6 cm³/mol. The third-order valence-electron chi connectivity index (χ3n) is 5.87. The molecular weight excluding hydrogens is 324 g/mol. The molecule has 2 aliphatic carbocycles. The van der Waals surface area contributed by atoms with Gasteiger partial charge in [-0.3, -0.25) is 0 Å². The molecule has 0 radical (unpaired) electrons. The monoisotopic (exact) mass is 348 g/mol. The van der Waals surface area contributed by atoms with Crippen LogP contribution in [-0.4, -0.2) is 54.7 Å². The van der Waals surface area contributed by atoms with Gasteiger partial charge in [-0.1, -0.05) is 0 Å². The third kappa shape index (κ3) is 2.81. The Kier molecular flexibility index (Phi) is 3.39. The van der Waals surface area contributed by atoms with Gasteiger partial charge >= 0.3 is 0 Å². The van der Waals surface area contributed by atoms with Crippen molar-refractivity contribution in [1.29, 1.82) is 0 Å². The van der Waals surface area contributed by atoms with E-state index in [1.807, 2.05) is 0 Å². The van der Waals surface area contributed by atoms with Gasteiger partial charge in [0.15, 0.2) is 9.84 Å². The van der Waals surface area contributed by atoms with Crippen molar-refractivity contribution in [1.82, 2.24) is 14.9 Å². The van der Waals surface area contributed by atoms with Crippen molar-refractivity contribution in [2.75, 3.05) is 31.5 Å². The second-order valence-electron chi connectivity index (χ2n) is 8.04. The average Bonchev–Trinajstić information content (AvgIpc) is 3.45. The van der Waals surface area contributed by atoms with E-state index in [2.05, 4.69) is 15.2 Å². The molecule has 3 fully saturated rings. The number of aromatic nitrogens is 2. The molecule has 0 unspecified atom stereocenters. The minimum atomic E-state index is -3.09. The van der Waals surface area contributed by atoms with Crippen molar-refractivity contribution in [3.63, 3.8) is 0 Å². The van der Waals surface area contributed by atoms with E-state index in [9.17, 15) is 8.42 Å². The molecule has 3 heterocycles. The fourth-order valence-electron chi connectivity index (χ4n) is 4.11. The maximum absolute atomic E-state index is 12.7. The zero-order valence-electron chi connectivity index (χ0n) is 13.8. The van der Waals surface area contributed by atoms with E-state index in [0.717, 1.165) is 42.7 Å². The second kappa shape index (κ2) is 5.39. The molecule has 2 atom stereocenters. The van der Waals surface area contributed by atoms with Crippen molar-refractivity contribution in [3.8, 4) is 0 Å². The quantitative estimate of drug-likeness (QED) is 0.867. The number of rotatable bonds is 5. The topological polar surface area (TPSA) is 75.2 Å². The number of nitrogens with one attached hydrogen (secondary N) is 1. The SMILES string of the molecule is O=S1(=O)Cc2cnc(NCC3CC3)nc2[C@@H]2CN(CC3CC3)C[C@@H]21. The Hall–Kier alpha value is -1.21. The molecule has 24 heavy (non-hydrogen) atoms. The van der Waals surface area contributed by atoms with Gasteiger partial charge in [0.05, 0.1) is 16.7 Å². The molecule has 2 aliphatic heterocycles. The summed E-state index contributed by atoms with van der Waals surface area (Å²) < 4.78 is 25.4. The lowest BCUT2D eigenvalue weighted by molar-refractivity contribution is 0.320. The number of hydrogen-bond acceptors (Lipinski definition) is 6. The molecule has 1 aromatic heterocycles. The molecule has 2 saturated carbocycles. The van der Waals surface area contributed by atoms with Crippen LogP contribution in [0.2, 0.25) is 0 Å². The van der Waals surface area contributed by atoms with Crippen molar-refractivity contribution < 1.29 is 8.42 Å². The summed E-state index contributed by atoms with van der Waals surface area (Å²) in [4.78, 5) is 11.4. The lowest BCUT2D eigenvalue weighted by Gasteiger charge is -2.26. The molecule has 4 aliphatic rings. The number of likely N-dealkylation sites (tertiary alicyclic amines) is 1. The minimum Gasteiger partial charge on any atom is -0.354 e. The largest absolute Gasteiger partial charge is 0.354 e. The molecule has 0 spiro atoms. The third-order valence-corrected chi connectivity index (χ3v) is 7.98. The summed E-state index contributed by atoms with van der Waals surface area (Å²) in [6.45, 7) is 3.49. The maximum Gasteiger partial charge on any atom is 0.222 e. The van der Waals surface area contributed by atoms with Gasteiger partial charge < -0.3 is 10.2 Å². The highest BCUT2D eigenvalue weighted by molar-refractivity contribution is 7.91. The van der Waals surface area contributed by atoms with Gasteiger partial charge in [-0.25, -0.2) is 18.4 Å². The van der Waals surface area contributed by atoms with Crippen molar-refractivity contribution in [2.24, 2.45) is 11.8 Å². The number of fused-ring (bicyclic) bond motifs is 3. The molecule has 6 nitrogen and oxygen atoms in total. The zero-order valence-corrected chi connectivity index (χ0v) is 14.6. The number of hydrogen-bond donors (Lipinski definition) is 1. The first kappa shape index (κ1) is 15.1. The zero-order chi connectivity index (χ0) is 16.3. The van der Waals surface area contributed by atoms with Gasteiger partial charge in [0.25, 0.3) is 0 Å². The Morgan fingerprint density at radius 3 is 2.71 bits per heavy atom.